The highest BCUT2D eigenvalue weighted by Gasteiger charge is 2.51. The summed E-state index contributed by atoms with van der Waals surface area (Å²) < 4.78 is 47.9. The molecule has 93 heavy (non-hydrogen) atoms. The molecule has 6 aliphatic heterocycles. The average Bonchev–Trinajstić information content (AvgIpc) is 1.39. The third-order valence-corrected chi connectivity index (χ3v) is 21.1. The van der Waals surface area contributed by atoms with Crippen LogP contribution in [0.15, 0.2) is 76.9 Å². The van der Waals surface area contributed by atoms with Crippen molar-refractivity contribution in [1.29, 1.82) is 0 Å². The number of halogens is 1. The number of aliphatic hydroxyl groups is 1. The Hall–Kier alpha value is -7.57. The number of nitrogens with zero attached hydrogens (tertiary/aromatic N) is 11. The van der Waals surface area contributed by atoms with E-state index in [1.165, 1.54) is 4.90 Å². The molecule has 3 aromatic carbocycles. The van der Waals surface area contributed by atoms with E-state index in [0.717, 1.165) is 122 Å². The minimum atomic E-state index is -0.842. The molecule has 2 N–H and O–H groups in total. The molecule has 4 aromatic heterocycles. The Morgan fingerprint density at radius 1 is 0.914 bits per heavy atom. The maximum Gasteiger partial charge on any atom is 0.410 e. The normalized spacial score (nSPS) is 23.3. The van der Waals surface area contributed by atoms with E-state index >= 15 is 4.39 Å². The van der Waals surface area contributed by atoms with E-state index in [2.05, 4.69) is 48.0 Å². The number of pyridine rings is 1. The van der Waals surface area contributed by atoms with Gasteiger partial charge < -0.3 is 48.6 Å². The van der Waals surface area contributed by atoms with E-state index < -0.39 is 29.5 Å². The number of piperazine rings is 2. The zero-order valence-electron chi connectivity index (χ0n) is 54.9. The summed E-state index contributed by atoms with van der Waals surface area (Å²) >= 11 is 1.59. The molecule has 6 aliphatic rings. The molecule has 0 radical (unpaired) electrons. The first-order valence-electron chi connectivity index (χ1n) is 33.2. The number of thiazole rings is 1. The first-order chi connectivity index (χ1) is 44.8. The van der Waals surface area contributed by atoms with Crippen LogP contribution in [-0.4, -0.2) is 189 Å². The van der Waals surface area contributed by atoms with Crippen LogP contribution in [-0.2, 0) is 25.5 Å². The number of aliphatic hydroxyl groups excluding tert-OH is 1. The Labute approximate surface area is 546 Å². The molecule has 6 fully saturated rings. The second-order valence-electron chi connectivity index (χ2n) is 27.7. The third kappa shape index (κ3) is 12.8. The van der Waals surface area contributed by atoms with Crippen LogP contribution < -0.4 is 24.6 Å². The van der Waals surface area contributed by atoms with Gasteiger partial charge in [-0.25, -0.2) is 14.2 Å². The van der Waals surface area contributed by atoms with Crippen molar-refractivity contribution < 1.29 is 47.4 Å². The highest BCUT2D eigenvalue weighted by Crippen LogP contribution is 2.45. The Morgan fingerprint density at radius 3 is 2.40 bits per heavy atom. The fraction of sp³-hybridized carbons (Fsp3) is 0.543. The van der Waals surface area contributed by atoms with E-state index in [0.29, 0.717) is 59.8 Å². The summed E-state index contributed by atoms with van der Waals surface area (Å²) in [6, 6.07) is 18.7. The van der Waals surface area contributed by atoms with Crippen molar-refractivity contribution in [2.75, 3.05) is 89.2 Å². The summed E-state index contributed by atoms with van der Waals surface area (Å²) in [6.07, 6.45) is 6.91. The molecule has 2 unspecified atom stereocenters. The SMILES string of the molecule is CCc1cccc2cc(OCOC)cc(-c3ncc4c(N5CC6CCC(C5)N6C(=O)OC(C)(C)C)nc(OC[C@@]56CCCN5[C@H](CN5CCN(c7cc([C@@H](C(=O)N8C[C@H](O)C[C@H]8C(=O)N[C@@H](C)c8ccc(-c9scnc9C)cc8)C(C)C)on7)CC5)CC6)nc4c3F)c12. The number of likely N-dealkylation sites (tertiary alicyclic amines) is 1. The summed E-state index contributed by atoms with van der Waals surface area (Å²) in [5.41, 5.74) is 5.79. The van der Waals surface area contributed by atoms with Crippen LogP contribution in [0.25, 0.3) is 43.4 Å². The van der Waals surface area contributed by atoms with Crippen LogP contribution in [0.2, 0.25) is 0 Å². The second kappa shape index (κ2) is 26.3. The van der Waals surface area contributed by atoms with Crippen molar-refractivity contribution in [3.05, 3.63) is 101 Å². The Balaban J connectivity index is 0.682. The smallest absolute Gasteiger partial charge is 0.410 e. The number of benzene rings is 3. The third-order valence-electron chi connectivity index (χ3n) is 20.1. The molecule has 0 aliphatic carbocycles. The number of carbonyl (C=O) groups is 3. The van der Waals surface area contributed by atoms with E-state index in [9.17, 15) is 19.5 Å². The Bertz CT molecular complexity index is 3880. The van der Waals surface area contributed by atoms with Crippen molar-refractivity contribution in [2.24, 2.45) is 5.92 Å². The minimum absolute atomic E-state index is 0.0223. The van der Waals surface area contributed by atoms with Crippen LogP contribution >= 0.6 is 11.3 Å². The van der Waals surface area contributed by atoms with Gasteiger partial charge in [0.1, 0.15) is 46.9 Å². The van der Waals surface area contributed by atoms with Gasteiger partial charge >= 0.3 is 12.1 Å². The number of nitrogens with one attached hydrogen (secondary N) is 1. The number of hydrogen-bond donors (Lipinski definition) is 2. The molecular weight excluding hydrogens is 1200 g/mol. The van der Waals surface area contributed by atoms with Gasteiger partial charge in [-0.1, -0.05) is 68.4 Å². The van der Waals surface area contributed by atoms with Gasteiger partial charge in [0, 0.05) is 89.8 Å². The predicted octanol–water partition coefficient (Wildman–Crippen LogP) is 10.3. The molecule has 21 nitrogen and oxygen atoms in total. The lowest BCUT2D eigenvalue weighted by Gasteiger charge is -2.42. The summed E-state index contributed by atoms with van der Waals surface area (Å²) in [6.45, 7) is 21.8. The first kappa shape index (κ1) is 64.2. The van der Waals surface area contributed by atoms with Gasteiger partial charge in [0.05, 0.1) is 51.2 Å². The molecule has 2 bridgehead atoms. The number of aromatic nitrogens is 5. The van der Waals surface area contributed by atoms with E-state index in [1.54, 1.807) is 24.6 Å². The standard InChI is InChI=1S/C70H87FN12O9S/c1-10-44-13-11-14-47-29-52(90-40-88-9)31-53(59(44)47)61-60(71)62-54(33-72-61)64(80-35-49-19-20-50(36-80)83(49)68(87)91-69(6,7)8)76-67(75-62)89-38-70-22-12-24-82(70)48(21-23-70)34-78-25-27-79(28-26-78)57-32-56(92-77-57)58(41(2)3)66(86)81-37-51(84)30-55(81)65(85)74-42(4)45-15-17-46(18-16-45)63-43(5)73-39-93-63/h11,13-18,29,31-33,39,41-42,48-51,55,58,84H,10,12,19-28,30,34-38,40H2,1-9H3,(H,74,85)/t42-,48-,49?,50?,51+,55-,58-,70-/m0/s1. The van der Waals surface area contributed by atoms with Crippen molar-refractivity contribution in [2.45, 2.75) is 160 Å². The highest BCUT2D eigenvalue weighted by molar-refractivity contribution is 7.13. The van der Waals surface area contributed by atoms with Gasteiger partial charge in [0.2, 0.25) is 11.8 Å². The Kier molecular flexibility index (Phi) is 18.2. The Morgan fingerprint density at radius 2 is 1.69 bits per heavy atom. The lowest BCUT2D eigenvalue weighted by Crippen LogP contribution is -2.57. The molecule has 13 rings (SSSR count). The first-order valence-corrected chi connectivity index (χ1v) is 34.1. The number of hydrogen-bond acceptors (Lipinski definition) is 19. The summed E-state index contributed by atoms with van der Waals surface area (Å²) in [4.78, 5) is 75.6. The van der Waals surface area contributed by atoms with Gasteiger partial charge in [-0.15, -0.1) is 11.3 Å². The van der Waals surface area contributed by atoms with E-state index in [1.807, 2.05) is 113 Å². The van der Waals surface area contributed by atoms with Crippen LogP contribution in [0.3, 0.4) is 0 Å². The molecule has 10 heterocycles. The molecule has 494 valence electrons. The largest absolute Gasteiger partial charge is 0.468 e. The number of amides is 3. The topological polar surface area (TPSA) is 217 Å². The molecule has 0 spiro atoms. The number of anilines is 2. The predicted molar refractivity (Wildman–Crippen MR) is 354 cm³/mol. The summed E-state index contributed by atoms with van der Waals surface area (Å²) in [7, 11) is 1.56. The fourth-order valence-electron chi connectivity index (χ4n) is 15.5. The molecule has 6 saturated heterocycles. The summed E-state index contributed by atoms with van der Waals surface area (Å²) in [5.74, 6) is 0.0921. The maximum absolute atomic E-state index is 17.9. The number of fused-ring (bicyclic) bond motifs is 5. The highest BCUT2D eigenvalue weighted by atomic mass is 32.1. The molecule has 23 heteroatoms. The number of methoxy groups -OCH3 is 1. The quantitative estimate of drug-likeness (QED) is 0.0720. The van der Waals surface area contributed by atoms with Gasteiger partial charge in [-0.05, 0) is 132 Å². The second-order valence-corrected chi connectivity index (χ2v) is 28.6. The lowest BCUT2D eigenvalue weighted by atomic mass is 9.91. The van der Waals surface area contributed by atoms with E-state index in [4.69, 9.17) is 38.4 Å². The van der Waals surface area contributed by atoms with Crippen molar-refractivity contribution in [3.63, 3.8) is 0 Å². The number of rotatable bonds is 19. The fourth-order valence-corrected chi connectivity index (χ4v) is 16.3. The lowest BCUT2D eigenvalue weighted by molar-refractivity contribution is -0.141. The number of carbonyl (C=O) groups excluding carboxylic acids is 3. The molecule has 7 aromatic rings. The van der Waals surface area contributed by atoms with Crippen LogP contribution in [0.1, 0.15) is 128 Å². The van der Waals surface area contributed by atoms with Crippen LogP contribution in [0.4, 0.5) is 20.8 Å². The minimum Gasteiger partial charge on any atom is -0.468 e. The van der Waals surface area contributed by atoms with E-state index in [-0.39, 0.29) is 84.5 Å². The molecule has 0 saturated carbocycles. The summed E-state index contributed by atoms with van der Waals surface area (Å²) in [5, 5.41) is 20.8. The number of aryl methyl sites for hydroxylation is 2. The van der Waals surface area contributed by atoms with Gasteiger partial charge in [0.25, 0.3) is 0 Å². The van der Waals surface area contributed by atoms with Crippen molar-refractivity contribution in [3.8, 4) is 33.5 Å². The van der Waals surface area contributed by atoms with Crippen molar-refractivity contribution >= 4 is 62.6 Å². The zero-order valence-corrected chi connectivity index (χ0v) is 55.7. The number of ether oxygens (including phenoxy) is 4. The molecular formula is C70H87FN12O9S. The zero-order chi connectivity index (χ0) is 65.0. The van der Waals surface area contributed by atoms with Gasteiger partial charge in [0.15, 0.2) is 24.2 Å². The van der Waals surface area contributed by atoms with Gasteiger partial charge in [-0.3, -0.25) is 29.3 Å². The molecule has 3 amide bonds. The monoisotopic (exact) mass is 1290 g/mol. The van der Waals surface area contributed by atoms with Crippen molar-refractivity contribution in [1.82, 2.24) is 50.0 Å². The maximum atomic E-state index is 17.9. The average molecular weight is 1290 g/mol. The van der Waals surface area contributed by atoms with Gasteiger partial charge in [-0.2, -0.15) is 9.97 Å². The van der Waals surface area contributed by atoms with Crippen LogP contribution in [0.5, 0.6) is 11.8 Å². The molecule has 8 atom stereocenters. The number of β-amino-alcohol motifs (C(OH)–C–C–N with tert-alkyl or cyclic N) is 1. The van der Waals surface area contributed by atoms with Crippen LogP contribution in [0, 0.1) is 18.7 Å².